The van der Waals surface area contributed by atoms with E-state index in [4.69, 9.17) is 0 Å². The van der Waals surface area contributed by atoms with E-state index in [1.165, 1.54) is 6.42 Å². The molecular weight excluding hydrogens is 312 g/mol. The molecule has 0 bridgehead atoms. The van der Waals surface area contributed by atoms with Crippen LogP contribution in [0.25, 0.3) is 0 Å². The number of carbonyl (C=O) groups excluding carboxylic acids is 2. The molecule has 2 aromatic rings. The molecule has 4 nitrogen and oxygen atoms in total. The topological polar surface area (TPSA) is 49.4 Å². The maximum Gasteiger partial charge on any atom is 0.255 e. The number of hydrogen-bond acceptors (Lipinski definition) is 2. The summed E-state index contributed by atoms with van der Waals surface area (Å²) in [6.45, 7) is 5.58. The van der Waals surface area contributed by atoms with Gasteiger partial charge in [-0.25, -0.2) is 0 Å². The molecule has 0 radical (unpaired) electrons. The summed E-state index contributed by atoms with van der Waals surface area (Å²) < 4.78 is 0. The number of benzene rings is 2. The molecule has 1 fully saturated rings. The van der Waals surface area contributed by atoms with E-state index in [2.05, 4.69) is 5.32 Å². The van der Waals surface area contributed by atoms with E-state index in [1.54, 1.807) is 12.1 Å². The van der Waals surface area contributed by atoms with Gasteiger partial charge < -0.3 is 10.2 Å². The van der Waals surface area contributed by atoms with Crippen LogP contribution in [-0.4, -0.2) is 29.8 Å². The number of piperidine rings is 1. The maximum absolute atomic E-state index is 12.8. The van der Waals surface area contributed by atoms with Gasteiger partial charge in [-0.1, -0.05) is 18.2 Å². The van der Waals surface area contributed by atoms with Crippen LogP contribution in [0, 0.1) is 13.8 Å². The number of para-hydroxylation sites is 1. The molecule has 1 heterocycles. The summed E-state index contributed by atoms with van der Waals surface area (Å²) in [7, 11) is 0. The molecule has 130 valence electrons. The Morgan fingerprint density at radius 3 is 2.36 bits per heavy atom. The second kappa shape index (κ2) is 7.51. The third-order valence-electron chi connectivity index (χ3n) is 4.82. The molecule has 1 N–H and O–H groups in total. The summed E-state index contributed by atoms with van der Waals surface area (Å²) >= 11 is 0. The molecule has 0 aliphatic carbocycles. The van der Waals surface area contributed by atoms with Crippen molar-refractivity contribution in [2.75, 3.05) is 18.4 Å². The molecule has 0 atom stereocenters. The Balaban J connectivity index is 1.81. The van der Waals surface area contributed by atoms with Crippen molar-refractivity contribution in [1.82, 2.24) is 4.90 Å². The lowest BCUT2D eigenvalue weighted by molar-refractivity contribution is 0.0725. The first-order valence-corrected chi connectivity index (χ1v) is 8.83. The van der Waals surface area contributed by atoms with Gasteiger partial charge in [0.2, 0.25) is 0 Å². The van der Waals surface area contributed by atoms with Gasteiger partial charge in [-0.15, -0.1) is 0 Å². The van der Waals surface area contributed by atoms with E-state index in [9.17, 15) is 9.59 Å². The van der Waals surface area contributed by atoms with Gasteiger partial charge >= 0.3 is 0 Å². The normalized spacial score (nSPS) is 14.2. The predicted octanol–water partition coefficient (Wildman–Crippen LogP) is 4.18. The van der Waals surface area contributed by atoms with Crippen molar-refractivity contribution >= 4 is 17.5 Å². The first kappa shape index (κ1) is 17.2. The van der Waals surface area contributed by atoms with Crippen molar-refractivity contribution in [1.29, 1.82) is 0 Å². The molecule has 0 saturated carbocycles. The van der Waals surface area contributed by atoms with Crippen LogP contribution in [0.1, 0.15) is 51.1 Å². The summed E-state index contributed by atoms with van der Waals surface area (Å²) in [6.07, 6.45) is 3.26. The lowest BCUT2D eigenvalue weighted by Crippen LogP contribution is -2.36. The highest BCUT2D eigenvalue weighted by atomic mass is 16.2. The second-order valence-electron chi connectivity index (χ2n) is 6.65. The molecule has 0 unspecified atom stereocenters. The monoisotopic (exact) mass is 336 g/mol. The fourth-order valence-corrected chi connectivity index (χ4v) is 3.12. The van der Waals surface area contributed by atoms with Crippen molar-refractivity contribution in [3.63, 3.8) is 0 Å². The summed E-state index contributed by atoms with van der Waals surface area (Å²) in [4.78, 5) is 27.3. The molecule has 0 spiro atoms. The van der Waals surface area contributed by atoms with E-state index in [0.717, 1.165) is 37.1 Å². The zero-order valence-corrected chi connectivity index (χ0v) is 14.8. The van der Waals surface area contributed by atoms with Crippen LogP contribution in [0.4, 0.5) is 5.69 Å². The highest BCUT2D eigenvalue weighted by molar-refractivity contribution is 6.09. The van der Waals surface area contributed by atoms with Gasteiger partial charge in [0.1, 0.15) is 0 Å². The average molecular weight is 336 g/mol. The quantitative estimate of drug-likeness (QED) is 0.914. The highest BCUT2D eigenvalue weighted by Gasteiger charge is 2.21. The number of likely N-dealkylation sites (tertiary alicyclic amines) is 1. The number of aryl methyl sites for hydroxylation is 2. The van der Waals surface area contributed by atoms with Crippen molar-refractivity contribution in [2.45, 2.75) is 33.1 Å². The first-order valence-electron chi connectivity index (χ1n) is 8.83. The number of rotatable bonds is 3. The van der Waals surface area contributed by atoms with Crippen molar-refractivity contribution < 1.29 is 9.59 Å². The molecule has 1 saturated heterocycles. The minimum absolute atomic E-state index is 0.00399. The van der Waals surface area contributed by atoms with E-state index in [1.807, 2.05) is 49.1 Å². The highest BCUT2D eigenvalue weighted by Crippen LogP contribution is 2.21. The summed E-state index contributed by atoms with van der Waals surface area (Å²) in [5.41, 5.74) is 3.95. The molecule has 4 heteroatoms. The number of hydrogen-bond donors (Lipinski definition) is 1. The number of carbonyl (C=O) groups is 2. The lowest BCUT2D eigenvalue weighted by Gasteiger charge is -2.27. The summed E-state index contributed by atoms with van der Waals surface area (Å²) in [6, 6.07) is 12.9. The third-order valence-corrected chi connectivity index (χ3v) is 4.82. The SMILES string of the molecule is Cc1ccc(C(=O)Nc2ccccc2C(=O)N2CCCCC2)cc1C. The Kier molecular flexibility index (Phi) is 5.17. The van der Waals surface area contributed by atoms with Gasteiger partial charge in [0.25, 0.3) is 11.8 Å². The van der Waals surface area contributed by atoms with E-state index in [-0.39, 0.29) is 11.8 Å². The second-order valence-corrected chi connectivity index (χ2v) is 6.65. The molecule has 0 aromatic heterocycles. The molecule has 1 aliphatic rings. The van der Waals surface area contributed by atoms with Gasteiger partial charge in [-0.3, -0.25) is 9.59 Å². The fourth-order valence-electron chi connectivity index (χ4n) is 3.12. The Hall–Kier alpha value is -2.62. The van der Waals surface area contributed by atoms with Crippen molar-refractivity contribution in [3.8, 4) is 0 Å². The number of nitrogens with one attached hydrogen (secondary N) is 1. The molecule has 2 amide bonds. The number of nitrogens with zero attached hydrogens (tertiary/aromatic N) is 1. The molecule has 1 aliphatic heterocycles. The van der Waals surface area contributed by atoms with Gasteiger partial charge in [-0.05, 0) is 68.5 Å². The zero-order valence-electron chi connectivity index (χ0n) is 14.8. The zero-order chi connectivity index (χ0) is 17.8. The van der Waals surface area contributed by atoms with Gasteiger partial charge in [0.05, 0.1) is 11.3 Å². The van der Waals surface area contributed by atoms with E-state index in [0.29, 0.717) is 16.8 Å². The fraction of sp³-hybridized carbons (Fsp3) is 0.333. The Morgan fingerprint density at radius 1 is 0.920 bits per heavy atom. The van der Waals surface area contributed by atoms with Crippen LogP contribution in [0.2, 0.25) is 0 Å². The Bertz CT molecular complexity index is 792. The first-order chi connectivity index (χ1) is 12.1. The van der Waals surface area contributed by atoms with Crippen LogP contribution in [0.3, 0.4) is 0 Å². The predicted molar refractivity (Wildman–Crippen MR) is 100 cm³/mol. The van der Waals surface area contributed by atoms with Crippen molar-refractivity contribution in [2.24, 2.45) is 0 Å². The van der Waals surface area contributed by atoms with Crippen LogP contribution in [-0.2, 0) is 0 Å². The average Bonchev–Trinajstić information content (AvgIpc) is 2.64. The molecule has 25 heavy (non-hydrogen) atoms. The standard InChI is InChI=1S/C21H24N2O2/c1-15-10-11-17(14-16(15)2)20(24)22-19-9-5-4-8-18(19)21(25)23-12-6-3-7-13-23/h4-5,8-11,14H,3,6-7,12-13H2,1-2H3,(H,22,24). The van der Waals surface area contributed by atoms with Crippen LogP contribution in [0.15, 0.2) is 42.5 Å². The minimum atomic E-state index is -0.193. The summed E-state index contributed by atoms with van der Waals surface area (Å²) in [5.74, 6) is -0.197. The maximum atomic E-state index is 12.8. The summed E-state index contributed by atoms with van der Waals surface area (Å²) in [5, 5.41) is 2.91. The van der Waals surface area contributed by atoms with Gasteiger partial charge in [0, 0.05) is 18.7 Å². The van der Waals surface area contributed by atoms with E-state index >= 15 is 0 Å². The van der Waals surface area contributed by atoms with Gasteiger partial charge in [0.15, 0.2) is 0 Å². The Morgan fingerprint density at radius 2 is 1.64 bits per heavy atom. The largest absolute Gasteiger partial charge is 0.339 e. The smallest absolute Gasteiger partial charge is 0.255 e. The number of anilines is 1. The van der Waals surface area contributed by atoms with Crippen LogP contribution < -0.4 is 5.32 Å². The Labute approximate surface area is 148 Å². The number of amides is 2. The van der Waals surface area contributed by atoms with E-state index < -0.39 is 0 Å². The third kappa shape index (κ3) is 3.90. The lowest BCUT2D eigenvalue weighted by atomic mass is 10.0. The minimum Gasteiger partial charge on any atom is -0.339 e. The molecule has 3 rings (SSSR count). The molecule has 2 aromatic carbocycles. The van der Waals surface area contributed by atoms with Crippen LogP contribution in [0.5, 0.6) is 0 Å². The van der Waals surface area contributed by atoms with Gasteiger partial charge in [-0.2, -0.15) is 0 Å². The van der Waals surface area contributed by atoms with Crippen molar-refractivity contribution in [3.05, 3.63) is 64.7 Å². The molecular formula is C21H24N2O2. The van der Waals surface area contributed by atoms with Crippen LogP contribution >= 0.6 is 0 Å².